The van der Waals surface area contributed by atoms with Crippen LogP contribution in [-0.2, 0) is 4.79 Å². The van der Waals surface area contributed by atoms with Crippen LogP contribution in [0.3, 0.4) is 0 Å². The lowest BCUT2D eigenvalue weighted by molar-refractivity contribution is -0.112. The number of aromatic nitrogens is 2. The summed E-state index contributed by atoms with van der Waals surface area (Å²) in [4.78, 5) is 21.5. The third kappa shape index (κ3) is 6.42. The van der Waals surface area contributed by atoms with Crippen molar-refractivity contribution in [3.05, 3.63) is 96.2 Å². The standard InChI is InChI=1S/C31H32N6O2/c32-28-9-5-4-8-25(28)26(29(33)39)18-20-10-12-23(13-11-20)36-31-34-19-27(21-6-2-1-3-7-21)30(37-31)35-22-14-16-24(38)17-15-22/h1-13,18-19,22,24,38H,14-17,32H2,(H2,33,39)(H2,34,35,36,37)/t22-,24-. The van der Waals surface area contributed by atoms with E-state index in [1.165, 1.54) is 0 Å². The van der Waals surface area contributed by atoms with E-state index in [9.17, 15) is 9.90 Å². The second kappa shape index (κ2) is 11.8. The average Bonchev–Trinajstić information content (AvgIpc) is 2.95. The summed E-state index contributed by atoms with van der Waals surface area (Å²) in [6, 6.07) is 25.0. The van der Waals surface area contributed by atoms with Gasteiger partial charge in [-0.15, -0.1) is 0 Å². The average molecular weight is 521 g/mol. The molecule has 1 saturated carbocycles. The van der Waals surface area contributed by atoms with E-state index in [0.717, 1.165) is 53.9 Å². The second-order valence-corrected chi connectivity index (χ2v) is 9.73. The lowest BCUT2D eigenvalue weighted by Gasteiger charge is -2.27. The summed E-state index contributed by atoms with van der Waals surface area (Å²) < 4.78 is 0. The van der Waals surface area contributed by atoms with Crippen molar-refractivity contribution in [2.24, 2.45) is 5.73 Å². The van der Waals surface area contributed by atoms with Crippen LogP contribution in [0.4, 0.5) is 23.1 Å². The molecule has 0 radical (unpaired) electrons. The van der Waals surface area contributed by atoms with E-state index in [1.54, 1.807) is 18.2 Å². The molecule has 1 aliphatic carbocycles. The van der Waals surface area contributed by atoms with Gasteiger partial charge in [0.25, 0.3) is 0 Å². The van der Waals surface area contributed by atoms with Crippen LogP contribution in [0.1, 0.15) is 36.8 Å². The minimum atomic E-state index is -0.547. The molecule has 0 saturated heterocycles. The first-order valence-electron chi connectivity index (χ1n) is 13.1. The molecule has 1 fully saturated rings. The molecular weight excluding hydrogens is 488 g/mol. The minimum absolute atomic E-state index is 0.221. The van der Waals surface area contributed by atoms with E-state index in [0.29, 0.717) is 22.8 Å². The molecule has 0 aliphatic heterocycles. The van der Waals surface area contributed by atoms with E-state index in [4.69, 9.17) is 16.5 Å². The lowest BCUT2D eigenvalue weighted by atomic mass is 9.93. The number of nitrogens with zero attached hydrogens (tertiary/aromatic N) is 2. The van der Waals surface area contributed by atoms with Crippen LogP contribution < -0.4 is 22.1 Å². The van der Waals surface area contributed by atoms with E-state index < -0.39 is 5.91 Å². The molecule has 4 aromatic rings. The van der Waals surface area contributed by atoms with Gasteiger partial charge in [0, 0.05) is 40.3 Å². The van der Waals surface area contributed by atoms with Crippen molar-refractivity contribution in [3.8, 4) is 11.1 Å². The Labute approximate surface area is 227 Å². The maximum atomic E-state index is 12.1. The monoisotopic (exact) mass is 520 g/mol. The van der Waals surface area contributed by atoms with E-state index in [2.05, 4.69) is 15.6 Å². The summed E-state index contributed by atoms with van der Waals surface area (Å²) in [5, 5.41) is 16.8. The summed E-state index contributed by atoms with van der Waals surface area (Å²) in [5.74, 6) is 0.673. The van der Waals surface area contributed by atoms with Gasteiger partial charge in [0.1, 0.15) is 5.82 Å². The summed E-state index contributed by atoms with van der Waals surface area (Å²) in [6.07, 6.45) is 6.67. The Balaban J connectivity index is 1.38. The predicted octanol–water partition coefficient (Wildman–Crippen LogP) is 5.21. The van der Waals surface area contributed by atoms with Gasteiger partial charge in [-0.3, -0.25) is 4.79 Å². The zero-order chi connectivity index (χ0) is 27.2. The maximum absolute atomic E-state index is 12.1. The summed E-state index contributed by atoms with van der Waals surface area (Å²) in [7, 11) is 0. The number of aliphatic hydroxyl groups excluding tert-OH is 1. The van der Waals surface area contributed by atoms with Crippen molar-refractivity contribution in [1.82, 2.24) is 9.97 Å². The largest absolute Gasteiger partial charge is 0.398 e. The molecule has 5 rings (SSSR count). The first kappa shape index (κ1) is 25.9. The van der Waals surface area contributed by atoms with Crippen molar-refractivity contribution < 1.29 is 9.90 Å². The molecule has 0 spiro atoms. The molecule has 1 amide bonds. The second-order valence-electron chi connectivity index (χ2n) is 9.73. The quantitative estimate of drug-likeness (QED) is 0.122. The van der Waals surface area contributed by atoms with Crippen LogP contribution in [0.15, 0.2) is 85.1 Å². The first-order valence-corrected chi connectivity index (χ1v) is 13.1. The fourth-order valence-corrected chi connectivity index (χ4v) is 4.78. The van der Waals surface area contributed by atoms with Crippen LogP contribution in [0.5, 0.6) is 0 Å². The van der Waals surface area contributed by atoms with Crippen molar-refractivity contribution in [2.45, 2.75) is 37.8 Å². The lowest BCUT2D eigenvalue weighted by Crippen LogP contribution is -2.28. The van der Waals surface area contributed by atoms with Crippen molar-refractivity contribution in [2.75, 3.05) is 16.4 Å². The third-order valence-electron chi connectivity index (χ3n) is 6.91. The number of carbonyl (C=O) groups is 1. The molecule has 0 bridgehead atoms. The van der Waals surface area contributed by atoms with Crippen molar-refractivity contribution in [3.63, 3.8) is 0 Å². The summed E-state index contributed by atoms with van der Waals surface area (Å²) >= 11 is 0. The van der Waals surface area contributed by atoms with Gasteiger partial charge in [-0.25, -0.2) is 4.98 Å². The SMILES string of the molecule is NC(=O)C(=Cc1ccc(Nc2ncc(-c3ccccc3)c(N[C@H]3CC[C@H](O)CC3)n2)cc1)c1ccccc1N. The van der Waals surface area contributed by atoms with Crippen LogP contribution in [0, 0.1) is 0 Å². The molecule has 0 atom stereocenters. The molecule has 1 aliphatic rings. The van der Waals surface area contributed by atoms with Gasteiger partial charge in [-0.1, -0.05) is 60.7 Å². The van der Waals surface area contributed by atoms with E-state index in [-0.39, 0.29) is 12.1 Å². The molecule has 8 nitrogen and oxygen atoms in total. The third-order valence-corrected chi connectivity index (χ3v) is 6.91. The number of para-hydroxylation sites is 1. The molecule has 198 valence electrons. The summed E-state index contributed by atoms with van der Waals surface area (Å²) in [6.45, 7) is 0. The normalized spacial score (nSPS) is 17.4. The van der Waals surface area contributed by atoms with Gasteiger partial charge >= 0.3 is 0 Å². The number of anilines is 4. The van der Waals surface area contributed by atoms with E-state index >= 15 is 0 Å². The van der Waals surface area contributed by atoms with Crippen LogP contribution in [0.2, 0.25) is 0 Å². The number of aliphatic hydroxyl groups is 1. The van der Waals surface area contributed by atoms with Gasteiger partial charge in [0.05, 0.1) is 6.10 Å². The van der Waals surface area contributed by atoms with Gasteiger partial charge in [-0.05, 0) is 61.1 Å². The molecule has 1 heterocycles. The summed E-state index contributed by atoms with van der Waals surface area (Å²) in [5.41, 5.74) is 16.7. The highest BCUT2D eigenvalue weighted by molar-refractivity contribution is 6.24. The Morgan fingerprint density at radius 2 is 1.62 bits per heavy atom. The number of rotatable bonds is 8. The zero-order valence-corrected chi connectivity index (χ0v) is 21.5. The predicted molar refractivity (Wildman–Crippen MR) is 157 cm³/mol. The number of nitrogens with one attached hydrogen (secondary N) is 2. The highest BCUT2D eigenvalue weighted by atomic mass is 16.3. The smallest absolute Gasteiger partial charge is 0.249 e. The van der Waals surface area contributed by atoms with Gasteiger partial charge in [0.15, 0.2) is 0 Å². The molecule has 7 N–H and O–H groups in total. The number of carbonyl (C=O) groups excluding carboxylic acids is 1. The Morgan fingerprint density at radius 1 is 0.923 bits per heavy atom. The Kier molecular flexibility index (Phi) is 7.84. The fourth-order valence-electron chi connectivity index (χ4n) is 4.78. The number of nitrogen functional groups attached to an aromatic ring is 1. The van der Waals surface area contributed by atoms with Crippen LogP contribution >= 0.6 is 0 Å². The topological polar surface area (TPSA) is 139 Å². The Morgan fingerprint density at radius 3 is 2.31 bits per heavy atom. The molecule has 39 heavy (non-hydrogen) atoms. The number of hydrogen-bond donors (Lipinski definition) is 5. The number of amides is 1. The van der Waals surface area contributed by atoms with Gasteiger partial charge in [0.2, 0.25) is 11.9 Å². The number of nitrogens with two attached hydrogens (primary N) is 2. The molecule has 8 heteroatoms. The molecule has 1 aromatic heterocycles. The molecule has 3 aromatic carbocycles. The Bertz CT molecular complexity index is 1460. The maximum Gasteiger partial charge on any atom is 0.249 e. The number of benzene rings is 3. The fraction of sp³-hybridized carbons (Fsp3) is 0.194. The van der Waals surface area contributed by atoms with Crippen LogP contribution in [0.25, 0.3) is 22.8 Å². The number of primary amides is 1. The van der Waals surface area contributed by atoms with E-state index in [1.807, 2.05) is 72.9 Å². The van der Waals surface area contributed by atoms with Gasteiger partial charge < -0.3 is 27.2 Å². The highest BCUT2D eigenvalue weighted by Crippen LogP contribution is 2.31. The molecule has 0 unspecified atom stereocenters. The first-order chi connectivity index (χ1) is 19.0. The Hall–Kier alpha value is -4.69. The highest BCUT2D eigenvalue weighted by Gasteiger charge is 2.21. The minimum Gasteiger partial charge on any atom is -0.398 e. The molecular formula is C31H32N6O2. The van der Waals surface area contributed by atoms with Gasteiger partial charge in [-0.2, -0.15) is 4.98 Å². The van der Waals surface area contributed by atoms with Crippen molar-refractivity contribution >= 4 is 40.7 Å². The zero-order valence-electron chi connectivity index (χ0n) is 21.5. The number of hydrogen-bond acceptors (Lipinski definition) is 7. The van der Waals surface area contributed by atoms with Crippen LogP contribution in [-0.4, -0.2) is 33.1 Å². The van der Waals surface area contributed by atoms with Crippen molar-refractivity contribution in [1.29, 1.82) is 0 Å².